The van der Waals surface area contributed by atoms with Crippen LogP contribution in [0.15, 0.2) is 65.8 Å². The van der Waals surface area contributed by atoms with Crippen molar-refractivity contribution in [3.05, 3.63) is 60.7 Å². The van der Waals surface area contributed by atoms with Gasteiger partial charge in [-0.05, 0) is 18.7 Å². The van der Waals surface area contributed by atoms with Crippen molar-refractivity contribution < 1.29 is 35.5 Å². The van der Waals surface area contributed by atoms with Crippen molar-refractivity contribution in [2.75, 3.05) is 5.75 Å². The Hall–Kier alpha value is -2.63. The first kappa shape index (κ1) is 25.6. The second-order valence-corrected chi connectivity index (χ2v) is 9.03. The van der Waals surface area contributed by atoms with Crippen molar-refractivity contribution in [3.8, 4) is 22.5 Å². The number of thioether (sulfide) groups is 1. The molecule has 3 rings (SSSR count). The highest BCUT2D eigenvalue weighted by molar-refractivity contribution is 7.99. The minimum absolute atomic E-state index is 0.184. The minimum atomic E-state index is -6.09. The van der Waals surface area contributed by atoms with E-state index in [1.807, 2.05) is 12.1 Å². The summed E-state index contributed by atoms with van der Waals surface area (Å²) in [5.74, 6) is 0.664. The summed E-state index contributed by atoms with van der Waals surface area (Å²) in [7, 11) is -1.96. The van der Waals surface area contributed by atoms with Crippen LogP contribution in [0.1, 0.15) is 6.92 Å². The highest BCUT2D eigenvalue weighted by Crippen LogP contribution is 2.33. The Bertz CT molecular complexity index is 1110. The third-order valence-corrected chi connectivity index (χ3v) is 6.18. The van der Waals surface area contributed by atoms with Gasteiger partial charge >= 0.3 is 10.7 Å². The molecule has 0 saturated heterocycles. The molecule has 172 valence electrons. The van der Waals surface area contributed by atoms with Gasteiger partial charge < -0.3 is 4.55 Å². The van der Waals surface area contributed by atoms with Crippen LogP contribution in [-0.2, 0) is 29.0 Å². The van der Waals surface area contributed by atoms with Crippen LogP contribution in [0.4, 0.5) is 13.2 Å². The molecule has 0 N–H and O–H groups in total. The molecule has 32 heavy (non-hydrogen) atoms. The van der Waals surface area contributed by atoms with E-state index >= 15 is 0 Å². The molecule has 3 aromatic rings. The fraction of sp³-hybridized carbons (Fsp3) is 0.238. The highest BCUT2D eigenvalue weighted by atomic mass is 32.2. The molecule has 0 amide bonds. The fourth-order valence-corrected chi connectivity index (χ4v) is 3.85. The second-order valence-electron chi connectivity index (χ2n) is 6.72. The van der Waals surface area contributed by atoms with Gasteiger partial charge in [-0.15, -0.1) is 0 Å². The molecular weight excluding hydrogens is 465 g/mol. The summed E-state index contributed by atoms with van der Waals surface area (Å²) in [4.78, 5) is 11.4. The highest BCUT2D eigenvalue weighted by Gasteiger charge is 2.37. The summed E-state index contributed by atoms with van der Waals surface area (Å²) in [5, 5.41) is 1.07. The molecule has 0 aliphatic carbocycles. The zero-order valence-corrected chi connectivity index (χ0v) is 19.1. The number of carbonyl (C=O) groups is 1. The van der Waals surface area contributed by atoms with Crippen molar-refractivity contribution in [3.63, 3.8) is 0 Å². The van der Waals surface area contributed by atoms with E-state index in [0.29, 0.717) is 5.75 Å². The first-order valence-corrected chi connectivity index (χ1v) is 11.6. The van der Waals surface area contributed by atoms with Gasteiger partial charge in [0.25, 0.3) is 0 Å². The number of aromatic nitrogens is 2. The molecule has 0 aliphatic rings. The van der Waals surface area contributed by atoms with Gasteiger partial charge in [0.2, 0.25) is 0 Å². The van der Waals surface area contributed by atoms with Gasteiger partial charge in [0, 0.05) is 11.1 Å². The van der Waals surface area contributed by atoms with Crippen LogP contribution in [0.5, 0.6) is 0 Å². The van der Waals surface area contributed by atoms with Crippen LogP contribution in [0.2, 0.25) is 0 Å². The molecule has 0 saturated carbocycles. The van der Waals surface area contributed by atoms with Gasteiger partial charge in [-0.3, -0.25) is 4.79 Å². The standard InChI is InChI=1S/C20H21N2OS.CHF3O3S/c1-15(23)14-24-20-21(2)18(16-10-6-4-7-11-16)19(22(20)3)17-12-8-5-9-13-17;2-1(3,4)8(5,6)7/h4-13H,14H2,1-3H3;(H,5,6,7)/q+1;/p-1. The number of carbonyl (C=O) groups excluding carboxylic acids is 1. The predicted molar refractivity (Wildman–Crippen MR) is 115 cm³/mol. The molecule has 6 nitrogen and oxygen atoms in total. The summed E-state index contributed by atoms with van der Waals surface area (Å²) in [5.41, 5.74) is -0.980. The molecule has 0 bridgehead atoms. The first-order valence-electron chi connectivity index (χ1n) is 9.18. The summed E-state index contributed by atoms with van der Waals surface area (Å²) in [6, 6.07) is 20.8. The van der Waals surface area contributed by atoms with Gasteiger partial charge in [-0.2, -0.15) is 13.2 Å². The molecular formula is C21H21F3N2O4S2. The molecule has 0 unspecified atom stereocenters. The number of halogens is 3. The van der Waals surface area contributed by atoms with E-state index in [0.717, 1.165) is 16.5 Å². The first-order chi connectivity index (χ1) is 14.8. The lowest BCUT2D eigenvalue weighted by molar-refractivity contribution is -0.698. The molecule has 0 aliphatic heterocycles. The molecule has 11 heteroatoms. The fourth-order valence-electron chi connectivity index (χ4n) is 2.95. The molecule has 1 heterocycles. The number of nitrogens with zero attached hydrogens (tertiary/aromatic N) is 2. The largest absolute Gasteiger partial charge is 0.741 e. The smallest absolute Gasteiger partial charge is 0.485 e. The van der Waals surface area contributed by atoms with Crippen molar-refractivity contribution in [2.24, 2.45) is 14.1 Å². The van der Waals surface area contributed by atoms with Crippen LogP contribution in [-0.4, -0.2) is 34.6 Å². The SMILES string of the molecule is CC(=O)CSc1n(C)c(-c2ccccc2)c(-c2ccccc2)[n+]1C.O=S(=O)([O-])C(F)(F)F. The van der Waals surface area contributed by atoms with Crippen molar-refractivity contribution in [2.45, 2.75) is 17.6 Å². The average molecular weight is 487 g/mol. The Morgan fingerprint density at radius 1 is 1.03 bits per heavy atom. The number of hydrogen-bond donors (Lipinski definition) is 0. The van der Waals surface area contributed by atoms with Crippen molar-refractivity contribution in [1.82, 2.24) is 4.57 Å². The van der Waals surface area contributed by atoms with Crippen LogP contribution < -0.4 is 4.57 Å². The number of rotatable bonds is 5. The summed E-state index contributed by atoms with van der Waals surface area (Å²) >= 11 is 1.58. The monoisotopic (exact) mass is 486 g/mol. The van der Waals surface area contributed by atoms with Crippen molar-refractivity contribution >= 4 is 27.7 Å². The van der Waals surface area contributed by atoms with E-state index in [2.05, 4.69) is 71.8 Å². The second kappa shape index (κ2) is 10.3. The van der Waals surface area contributed by atoms with E-state index in [1.54, 1.807) is 18.7 Å². The van der Waals surface area contributed by atoms with Crippen LogP contribution in [0, 0.1) is 0 Å². The number of Topliss-reactive ketones (excluding diaryl/α,β-unsaturated/α-hetero) is 1. The normalized spacial score (nSPS) is 11.6. The predicted octanol–water partition coefficient (Wildman–Crippen LogP) is 3.92. The van der Waals surface area contributed by atoms with Gasteiger partial charge in [0.05, 0.1) is 19.8 Å². The lowest BCUT2D eigenvalue weighted by atomic mass is 10.0. The topological polar surface area (TPSA) is 83.1 Å². The number of hydrogen-bond acceptors (Lipinski definition) is 5. The van der Waals surface area contributed by atoms with E-state index in [4.69, 9.17) is 13.0 Å². The Morgan fingerprint density at radius 2 is 1.47 bits per heavy atom. The maximum atomic E-state index is 11.4. The summed E-state index contributed by atoms with van der Waals surface area (Å²) < 4.78 is 63.3. The Balaban J connectivity index is 0.000000390. The number of imidazole rings is 1. The van der Waals surface area contributed by atoms with E-state index in [9.17, 15) is 18.0 Å². The van der Waals surface area contributed by atoms with Crippen LogP contribution >= 0.6 is 11.8 Å². The van der Waals surface area contributed by atoms with Gasteiger partial charge in [-0.25, -0.2) is 17.6 Å². The maximum Gasteiger partial charge on any atom is 0.485 e. The zero-order chi connectivity index (χ0) is 24.1. The molecule has 0 spiro atoms. The summed E-state index contributed by atoms with van der Waals surface area (Å²) in [6.45, 7) is 1.63. The van der Waals surface area contributed by atoms with Gasteiger partial charge in [0.15, 0.2) is 21.5 Å². The Labute approximate surface area is 188 Å². The third-order valence-electron chi connectivity index (χ3n) is 4.25. The lowest BCUT2D eigenvalue weighted by Gasteiger charge is -2.08. The molecule has 2 aromatic carbocycles. The number of ketones is 1. The zero-order valence-electron chi connectivity index (χ0n) is 17.5. The number of alkyl halides is 3. The quantitative estimate of drug-likeness (QED) is 0.236. The molecule has 1 aromatic heterocycles. The average Bonchev–Trinajstić information content (AvgIpc) is 2.96. The van der Waals surface area contributed by atoms with Gasteiger partial charge in [0.1, 0.15) is 5.78 Å². The van der Waals surface area contributed by atoms with Crippen LogP contribution in [0.3, 0.4) is 0 Å². The molecule has 0 atom stereocenters. The molecule has 0 radical (unpaired) electrons. The van der Waals surface area contributed by atoms with Crippen molar-refractivity contribution in [1.29, 1.82) is 0 Å². The van der Waals surface area contributed by atoms with E-state index in [1.165, 1.54) is 11.1 Å². The van der Waals surface area contributed by atoms with Crippen LogP contribution in [0.25, 0.3) is 22.5 Å². The summed E-state index contributed by atoms with van der Waals surface area (Å²) in [6.07, 6.45) is 0. The number of benzene rings is 2. The van der Waals surface area contributed by atoms with E-state index < -0.39 is 15.6 Å². The van der Waals surface area contributed by atoms with Gasteiger partial charge in [-0.1, -0.05) is 60.7 Å². The minimum Gasteiger partial charge on any atom is -0.741 e. The molecule has 0 fully saturated rings. The lowest BCUT2D eigenvalue weighted by Crippen LogP contribution is -2.32. The third kappa shape index (κ3) is 6.21. The maximum absolute atomic E-state index is 11.4. The Kier molecular flexibility index (Phi) is 8.27. The Morgan fingerprint density at radius 3 is 1.88 bits per heavy atom. The van der Waals surface area contributed by atoms with E-state index in [-0.39, 0.29) is 5.78 Å².